The number of nitro groups is 1. The van der Waals surface area contributed by atoms with Crippen LogP contribution in [0.15, 0.2) is 212 Å². The summed E-state index contributed by atoms with van der Waals surface area (Å²) in [5, 5.41) is 19.9. The van der Waals surface area contributed by atoms with E-state index in [1.807, 2.05) is 194 Å². The number of H-pyrrole nitrogens is 5. The maximum Gasteiger partial charge on any atom is 0.410 e. The fourth-order valence-corrected chi connectivity index (χ4v) is 20.2. The average Bonchev–Trinajstić information content (AvgIpc) is 1.63. The first kappa shape index (κ1) is 98.9. The molecule has 10 aromatic carbocycles. The molecule has 5 unspecified atom stereocenters. The van der Waals surface area contributed by atoms with E-state index in [4.69, 9.17) is 103 Å². The van der Waals surface area contributed by atoms with Gasteiger partial charge in [0.25, 0.3) is 5.69 Å². The number of carbonyl (C=O) groups excluding carboxylic acids is 5. The number of amides is 5. The lowest BCUT2D eigenvalue weighted by molar-refractivity contribution is -0.384. The fraction of sp³-hybridized carbons (Fsp3) is 0.299. The number of nitro benzene ring substituents is 1. The number of hydrogen-bond acceptors (Lipinski definition) is 14. The second-order valence-electron chi connectivity index (χ2n) is 35.4. The SMILES string of the molecule is CC(C)OC(=O)N1CCc2c([nH]c3ccc(Cl)cc23)C1c1cccc(Cl)c1.CCCOC(=O)N1CCc2c([nH]c3ccc(Cl)cc23)C1c1cccc(OC)c1.COc1cccc(C2c3[nH]c4ccc(Cl)cc4c3CCN2C(=O)OC(C)C)c1.Cc1ccc2[nH]c3c(c2c1)CCN(C(=O)OC(C)C)C3c1cccc(F)c1.O=C(OCCCl)N1CCc2c([nH]c3ccc(Cl)cc23)C1c1ccc([N+](=O)[O-])cc1. The van der Waals surface area contributed by atoms with Crippen molar-refractivity contribution in [3.05, 3.63) is 343 Å². The number of methoxy groups -OCH3 is 2. The molecule has 10 heterocycles. The maximum atomic E-state index is 13.9. The Kier molecular flexibility index (Phi) is 31.0. The molecule has 722 valence electrons. The molecule has 139 heavy (non-hydrogen) atoms. The zero-order valence-corrected chi connectivity index (χ0v) is 82.8. The van der Waals surface area contributed by atoms with Gasteiger partial charge in [0.2, 0.25) is 0 Å². The van der Waals surface area contributed by atoms with Crippen LogP contribution in [0.5, 0.6) is 11.5 Å². The van der Waals surface area contributed by atoms with E-state index in [0.717, 1.165) is 155 Å². The van der Waals surface area contributed by atoms with Gasteiger partial charge in [-0.2, -0.15) is 0 Å². The van der Waals surface area contributed by atoms with Gasteiger partial charge < -0.3 is 58.1 Å². The minimum Gasteiger partial charge on any atom is -0.497 e. The Hall–Kier alpha value is -13.1. The van der Waals surface area contributed by atoms with Gasteiger partial charge in [-0.3, -0.25) is 34.6 Å². The summed E-state index contributed by atoms with van der Waals surface area (Å²) in [6.07, 6.45) is 2.03. The number of benzene rings is 10. The van der Waals surface area contributed by atoms with Gasteiger partial charge in [-0.1, -0.05) is 125 Å². The number of aryl methyl sites for hydroxylation is 1. The van der Waals surface area contributed by atoms with E-state index >= 15 is 0 Å². The number of nitrogens with one attached hydrogen (secondary N) is 5. The van der Waals surface area contributed by atoms with Crippen molar-refractivity contribution < 1.29 is 66.4 Å². The highest BCUT2D eigenvalue weighted by Crippen LogP contribution is 2.47. The van der Waals surface area contributed by atoms with Gasteiger partial charge in [0.05, 0.1) is 49.9 Å². The van der Waals surface area contributed by atoms with Crippen LogP contribution in [-0.2, 0) is 55.8 Å². The molecule has 25 nitrogen and oxygen atoms in total. The van der Waals surface area contributed by atoms with Crippen molar-refractivity contribution in [1.82, 2.24) is 49.4 Å². The number of aromatic amines is 5. The lowest BCUT2D eigenvalue weighted by atomic mass is 9.92. The number of carbonyl (C=O) groups is 5. The summed E-state index contributed by atoms with van der Waals surface area (Å²) in [7, 11) is 3.28. The number of aromatic nitrogens is 5. The molecule has 5 N–H and O–H groups in total. The first-order chi connectivity index (χ1) is 67.0. The van der Waals surface area contributed by atoms with Crippen LogP contribution in [0.2, 0.25) is 25.1 Å². The number of halogens is 7. The Labute approximate surface area is 833 Å². The molecule has 5 amide bonds. The normalized spacial score (nSPS) is 16.3. The summed E-state index contributed by atoms with van der Waals surface area (Å²) in [5.74, 6) is 1.40. The minimum atomic E-state index is -0.476. The standard InChI is InChI=1S/2C22H23ClN2O3.C22H23FN2O2.C21H20Cl2N2O2.C20H17Cl2N3O4/c1-13(2)28-22(26)25-10-9-17-18-12-15(23)7-8-19(18)24-20(17)21(25)14-5-4-6-16(11-14)27-3;1-3-11-28-22(26)25-10-9-17-18-13-15(23)7-8-19(18)24-20(17)21(25)14-5-4-6-16(12-14)27-2;1-13(2)27-22(26)25-10-9-17-18-11-14(3)7-8-19(18)24-20(17)21(25)15-5-4-6-16(23)12-15;1-12(2)27-21(26)25-9-8-16-17-11-15(23)6-7-18(17)24-19(16)20(25)13-4-3-5-14(22)10-13;21-8-10-29-20(26)24-9-7-15-16-11-13(22)3-6-17(16)23-18(15)19(24)12-1-4-14(5-2-12)25(27)28/h4-8,11-13,21,24H,9-10H2,1-3H3;4-8,12-13,21,24H,3,9-11H2,1-2H3;4-8,11-13,21,24H,9-10H2,1-3H3;3-7,10-12,20,24H,8-9H2,1-2H3;1-6,11,19,23H,7-10H2. The topological polar surface area (TPSA) is 288 Å². The van der Waals surface area contributed by atoms with E-state index in [9.17, 15) is 38.5 Å². The van der Waals surface area contributed by atoms with Gasteiger partial charge in [-0.15, -0.1) is 11.6 Å². The van der Waals surface area contributed by atoms with Crippen molar-refractivity contribution in [3.8, 4) is 11.5 Å². The van der Waals surface area contributed by atoms with Gasteiger partial charge in [-0.05, 0) is 288 Å². The molecule has 0 bridgehead atoms. The van der Waals surface area contributed by atoms with Crippen molar-refractivity contribution >= 4 is 160 Å². The van der Waals surface area contributed by atoms with Gasteiger partial charge in [0.15, 0.2) is 0 Å². The third-order valence-corrected chi connectivity index (χ3v) is 26.5. The van der Waals surface area contributed by atoms with Crippen LogP contribution in [0.25, 0.3) is 54.5 Å². The molecule has 0 fully saturated rings. The molecule has 0 saturated carbocycles. The maximum absolute atomic E-state index is 13.9. The Balaban J connectivity index is 0.000000125. The molecule has 0 spiro atoms. The largest absolute Gasteiger partial charge is 0.497 e. The first-order valence-electron chi connectivity index (χ1n) is 46.2. The summed E-state index contributed by atoms with van der Waals surface area (Å²) in [6.45, 7) is 18.3. The lowest BCUT2D eigenvalue weighted by Gasteiger charge is -2.36. The quantitative estimate of drug-likeness (QED) is 0.0276. The van der Waals surface area contributed by atoms with Crippen molar-refractivity contribution in [1.29, 1.82) is 0 Å². The van der Waals surface area contributed by atoms with Gasteiger partial charge in [0.1, 0.15) is 54.1 Å². The van der Waals surface area contributed by atoms with E-state index < -0.39 is 23.1 Å². The number of nitrogens with zero attached hydrogens (tertiary/aromatic N) is 6. The van der Waals surface area contributed by atoms with E-state index in [1.54, 1.807) is 63.0 Å². The number of fused-ring (bicyclic) bond motifs is 15. The van der Waals surface area contributed by atoms with E-state index in [2.05, 4.69) is 50.0 Å². The third-order valence-electron chi connectivity index (χ3n) is 25.1. The van der Waals surface area contributed by atoms with Crippen LogP contribution >= 0.6 is 69.6 Å². The Bertz CT molecular complexity index is 6910. The number of alkyl halides is 1. The van der Waals surface area contributed by atoms with Crippen molar-refractivity contribution in [2.24, 2.45) is 0 Å². The van der Waals surface area contributed by atoms with Crippen molar-refractivity contribution in [2.75, 3.05) is 66.0 Å². The van der Waals surface area contributed by atoms with E-state index in [-0.39, 0.29) is 84.8 Å². The monoisotopic (exact) mass is 2000 g/mol. The van der Waals surface area contributed by atoms with Crippen LogP contribution < -0.4 is 9.47 Å². The Morgan fingerprint density at radius 1 is 0.381 bits per heavy atom. The number of hydrogen-bond donors (Lipinski definition) is 5. The highest BCUT2D eigenvalue weighted by molar-refractivity contribution is 6.33. The van der Waals surface area contributed by atoms with Crippen LogP contribution in [0.4, 0.5) is 34.1 Å². The average molecular weight is 2000 g/mol. The fourth-order valence-electron chi connectivity index (χ4n) is 19.2. The smallest absolute Gasteiger partial charge is 0.410 e. The van der Waals surface area contributed by atoms with Gasteiger partial charge >= 0.3 is 30.5 Å². The molecule has 15 aromatic rings. The van der Waals surface area contributed by atoms with Gasteiger partial charge in [-0.25, -0.2) is 28.4 Å². The van der Waals surface area contributed by atoms with Crippen LogP contribution in [0.1, 0.15) is 175 Å². The number of non-ortho nitro benzene ring substituents is 1. The summed E-state index contributed by atoms with van der Waals surface area (Å²) >= 11 is 36.8. The number of rotatable bonds is 15. The molecule has 20 rings (SSSR count). The zero-order valence-electron chi connectivity index (χ0n) is 78.3. The highest BCUT2D eigenvalue weighted by atomic mass is 35.5. The van der Waals surface area contributed by atoms with Crippen molar-refractivity contribution in [3.63, 3.8) is 0 Å². The molecule has 0 saturated heterocycles. The van der Waals surface area contributed by atoms with Gasteiger partial charge in [0, 0.05) is 153 Å². The Morgan fingerprint density at radius 2 is 0.683 bits per heavy atom. The molecule has 5 atom stereocenters. The molecular weight excluding hydrogens is 1890 g/mol. The molecule has 0 aliphatic carbocycles. The lowest BCUT2D eigenvalue weighted by Crippen LogP contribution is -2.41. The van der Waals surface area contributed by atoms with E-state index in [1.165, 1.54) is 57.5 Å². The van der Waals surface area contributed by atoms with Crippen molar-refractivity contribution in [2.45, 2.75) is 142 Å². The summed E-state index contributed by atoms with van der Waals surface area (Å²) in [4.78, 5) is 101. The van der Waals surface area contributed by atoms with Crippen LogP contribution in [0, 0.1) is 22.9 Å². The Morgan fingerprint density at radius 3 is 1.01 bits per heavy atom. The summed E-state index contributed by atoms with van der Waals surface area (Å²) in [6, 6.07) is 63.6. The minimum absolute atomic E-state index is 0.00974. The third kappa shape index (κ3) is 21.7. The first-order valence-corrected chi connectivity index (χ1v) is 48.6. The molecule has 32 heteroatoms. The second-order valence-corrected chi connectivity index (χ2v) is 37.9. The highest BCUT2D eigenvalue weighted by Gasteiger charge is 2.43. The predicted molar refractivity (Wildman–Crippen MR) is 543 cm³/mol. The van der Waals surface area contributed by atoms with Crippen LogP contribution in [-0.4, -0.2) is 169 Å². The van der Waals surface area contributed by atoms with Crippen LogP contribution in [0.3, 0.4) is 0 Å². The number of ether oxygens (including phenoxy) is 7. The molecule has 5 aliphatic rings. The molecule has 0 radical (unpaired) electrons. The molecular formula is C107H106Cl6FN11O14. The predicted octanol–water partition coefficient (Wildman–Crippen LogP) is 26.8. The summed E-state index contributed by atoms with van der Waals surface area (Å²) in [5.41, 5.74) is 21.2. The molecule has 5 aromatic heterocycles. The van der Waals surface area contributed by atoms with E-state index in [0.29, 0.717) is 70.9 Å². The summed E-state index contributed by atoms with van der Waals surface area (Å²) < 4.78 is 52.0. The zero-order chi connectivity index (χ0) is 98.3. The molecule has 5 aliphatic heterocycles. The second kappa shape index (κ2) is 43.5.